The Hall–Kier alpha value is -3.14. The van der Waals surface area contributed by atoms with Gasteiger partial charge in [0.2, 0.25) is 21.8 Å². The Kier molecular flexibility index (Phi) is 11.6. The Bertz CT molecular complexity index is 1440. The maximum Gasteiger partial charge on any atom is 0.243 e. The van der Waals surface area contributed by atoms with Crippen LogP contribution >= 0.6 is 23.2 Å². The van der Waals surface area contributed by atoms with E-state index in [4.69, 9.17) is 23.2 Å². The lowest BCUT2D eigenvalue weighted by Crippen LogP contribution is -2.51. The Labute approximate surface area is 251 Å². The normalized spacial score (nSPS) is 12.2. The molecule has 0 saturated carbocycles. The molecular weight excluding hydrogens is 588 g/mol. The summed E-state index contributed by atoms with van der Waals surface area (Å²) in [6.45, 7) is 3.72. The molecule has 220 valence electrons. The molecule has 0 aliphatic heterocycles. The average molecular weight is 623 g/mol. The predicted octanol–water partition coefficient (Wildman–Crippen LogP) is 5.84. The van der Waals surface area contributed by atoms with Crippen molar-refractivity contribution in [1.29, 1.82) is 0 Å². The van der Waals surface area contributed by atoms with Gasteiger partial charge in [-0.15, -0.1) is 0 Å². The minimum atomic E-state index is -3.70. The van der Waals surface area contributed by atoms with E-state index in [1.165, 1.54) is 29.2 Å². The summed E-state index contributed by atoms with van der Waals surface area (Å²) in [6.07, 6.45) is 1.44. The number of hydrogen-bond donors (Lipinski definition) is 1. The van der Waals surface area contributed by atoms with Gasteiger partial charge in [-0.3, -0.25) is 13.9 Å². The second-order valence-corrected chi connectivity index (χ2v) is 12.8. The van der Waals surface area contributed by atoms with E-state index in [0.29, 0.717) is 21.3 Å². The standard InChI is InChI=1S/C30H34Cl2FN3O4S/c1-21(2)34-30(38)28(18-22-8-5-4-6-9-22)35(20-23-11-12-24(31)19-27(23)32)29(37)10-7-17-36(41(3,39)40)26-15-13-25(33)14-16-26/h4-6,8-9,11-16,19,21,28H,7,10,17-18,20H2,1-3H3,(H,34,38)/t28-/m1/s1. The molecule has 0 bridgehead atoms. The summed E-state index contributed by atoms with van der Waals surface area (Å²) in [5.41, 5.74) is 1.78. The minimum Gasteiger partial charge on any atom is -0.352 e. The SMILES string of the molecule is CC(C)NC(=O)[C@@H](Cc1ccccc1)N(Cc1ccc(Cl)cc1Cl)C(=O)CCCN(c1ccc(F)cc1)S(C)(=O)=O. The van der Waals surface area contributed by atoms with Gasteiger partial charge in [-0.05, 0) is 67.8 Å². The van der Waals surface area contributed by atoms with E-state index in [0.717, 1.165) is 16.1 Å². The van der Waals surface area contributed by atoms with Crippen molar-refractivity contribution in [2.24, 2.45) is 0 Å². The number of benzene rings is 3. The number of anilines is 1. The molecule has 3 aromatic carbocycles. The van der Waals surface area contributed by atoms with Gasteiger partial charge < -0.3 is 10.2 Å². The molecule has 41 heavy (non-hydrogen) atoms. The molecule has 0 heterocycles. The molecule has 2 amide bonds. The number of amides is 2. The summed E-state index contributed by atoms with van der Waals surface area (Å²) in [6, 6.07) is 18.4. The number of nitrogens with one attached hydrogen (secondary N) is 1. The molecule has 1 atom stereocenters. The van der Waals surface area contributed by atoms with E-state index in [1.807, 2.05) is 44.2 Å². The number of sulfonamides is 1. The van der Waals surface area contributed by atoms with E-state index in [1.54, 1.807) is 18.2 Å². The highest BCUT2D eigenvalue weighted by molar-refractivity contribution is 7.92. The lowest BCUT2D eigenvalue weighted by Gasteiger charge is -2.32. The number of carbonyl (C=O) groups is 2. The summed E-state index contributed by atoms with van der Waals surface area (Å²) < 4.78 is 39.6. The molecule has 3 rings (SSSR count). The smallest absolute Gasteiger partial charge is 0.243 e. The van der Waals surface area contributed by atoms with Gasteiger partial charge in [-0.1, -0.05) is 59.6 Å². The first-order valence-corrected chi connectivity index (χ1v) is 15.8. The van der Waals surface area contributed by atoms with Crippen molar-refractivity contribution in [2.75, 3.05) is 17.1 Å². The van der Waals surface area contributed by atoms with Gasteiger partial charge in [0.05, 0.1) is 11.9 Å². The van der Waals surface area contributed by atoms with Crippen LogP contribution in [0.1, 0.15) is 37.8 Å². The molecule has 0 aliphatic carbocycles. The van der Waals surface area contributed by atoms with Gasteiger partial charge in [0.1, 0.15) is 11.9 Å². The molecule has 7 nitrogen and oxygen atoms in total. The average Bonchev–Trinajstić information content (AvgIpc) is 2.90. The van der Waals surface area contributed by atoms with Crippen molar-refractivity contribution in [3.63, 3.8) is 0 Å². The third-order valence-electron chi connectivity index (χ3n) is 6.32. The van der Waals surface area contributed by atoms with Crippen LogP contribution in [0.5, 0.6) is 0 Å². The van der Waals surface area contributed by atoms with E-state index < -0.39 is 21.9 Å². The molecule has 0 saturated heterocycles. The van der Waals surface area contributed by atoms with E-state index in [-0.39, 0.29) is 50.2 Å². The molecule has 11 heteroatoms. The largest absolute Gasteiger partial charge is 0.352 e. The van der Waals surface area contributed by atoms with Crippen molar-refractivity contribution in [3.05, 3.63) is 99.8 Å². The molecule has 0 aromatic heterocycles. The molecule has 0 fully saturated rings. The second kappa shape index (κ2) is 14.7. The fourth-order valence-electron chi connectivity index (χ4n) is 4.38. The lowest BCUT2D eigenvalue weighted by molar-refractivity contribution is -0.141. The highest BCUT2D eigenvalue weighted by atomic mass is 35.5. The zero-order valence-corrected chi connectivity index (χ0v) is 25.5. The molecule has 1 N–H and O–H groups in total. The number of rotatable bonds is 13. The molecular formula is C30H34Cl2FN3O4S. The summed E-state index contributed by atoms with van der Waals surface area (Å²) in [5.74, 6) is -1.15. The van der Waals surface area contributed by atoms with Crippen LogP contribution in [0.4, 0.5) is 10.1 Å². The topological polar surface area (TPSA) is 86.8 Å². The van der Waals surface area contributed by atoms with Gasteiger partial charge in [0, 0.05) is 42.0 Å². The monoisotopic (exact) mass is 621 g/mol. The third kappa shape index (κ3) is 9.73. The van der Waals surface area contributed by atoms with Crippen LogP contribution in [-0.2, 0) is 32.6 Å². The summed E-state index contributed by atoms with van der Waals surface area (Å²) in [4.78, 5) is 28.8. The summed E-state index contributed by atoms with van der Waals surface area (Å²) in [7, 11) is -3.70. The zero-order chi connectivity index (χ0) is 30.2. The maximum atomic E-state index is 13.8. The second-order valence-electron chi connectivity index (χ2n) is 10.0. The number of carbonyl (C=O) groups excluding carboxylic acids is 2. The van der Waals surface area contributed by atoms with E-state index in [2.05, 4.69) is 5.32 Å². The van der Waals surface area contributed by atoms with Crippen LogP contribution in [0.25, 0.3) is 0 Å². The van der Waals surface area contributed by atoms with Crippen molar-refractivity contribution >= 4 is 50.7 Å². The van der Waals surface area contributed by atoms with Gasteiger partial charge in [-0.2, -0.15) is 0 Å². The predicted molar refractivity (Wildman–Crippen MR) is 162 cm³/mol. The highest BCUT2D eigenvalue weighted by Crippen LogP contribution is 2.25. The number of nitrogens with zero attached hydrogens (tertiary/aromatic N) is 2. The fraction of sp³-hybridized carbons (Fsp3) is 0.333. The Balaban J connectivity index is 1.90. The molecule has 0 radical (unpaired) electrons. The first kappa shape index (κ1) is 32.4. The Morgan fingerprint density at radius 2 is 1.63 bits per heavy atom. The van der Waals surface area contributed by atoms with Crippen molar-refractivity contribution in [1.82, 2.24) is 10.2 Å². The Morgan fingerprint density at radius 1 is 0.976 bits per heavy atom. The third-order valence-corrected chi connectivity index (χ3v) is 8.11. The van der Waals surface area contributed by atoms with Crippen LogP contribution in [0.3, 0.4) is 0 Å². The van der Waals surface area contributed by atoms with E-state index >= 15 is 0 Å². The molecule has 3 aromatic rings. The summed E-state index contributed by atoms with van der Waals surface area (Å²) >= 11 is 12.5. The quantitative estimate of drug-likeness (QED) is 0.260. The number of halogens is 3. The molecule has 0 spiro atoms. The minimum absolute atomic E-state index is 0.00666. The van der Waals surface area contributed by atoms with Gasteiger partial charge in [-0.25, -0.2) is 12.8 Å². The lowest BCUT2D eigenvalue weighted by atomic mass is 10.0. The highest BCUT2D eigenvalue weighted by Gasteiger charge is 2.31. The zero-order valence-electron chi connectivity index (χ0n) is 23.2. The van der Waals surface area contributed by atoms with Crippen LogP contribution in [0, 0.1) is 5.82 Å². The van der Waals surface area contributed by atoms with Crippen LogP contribution in [0.15, 0.2) is 72.8 Å². The maximum absolute atomic E-state index is 13.8. The first-order chi connectivity index (χ1) is 19.3. The van der Waals surface area contributed by atoms with E-state index in [9.17, 15) is 22.4 Å². The van der Waals surface area contributed by atoms with Crippen molar-refractivity contribution in [3.8, 4) is 0 Å². The van der Waals surface area contributed by atoms with Crippen LogP contribution in [0.2, 0.25) is 10.0 Å². The summed E-state index contributed by atoms with van der Waals surface area (Å²) in [5, 5.41) is 3.72. The first-order valence-electron chi connectivity index (χ1n) is 13.2. The van der Waals surface area contributed by atoms with Crippen molar-refractivity contribution < 1.29 is 22.4 Å². The fourth-order valence-corrected chi connectivity index (χ4v) is 5.81. The van der Waals surface area contributed by atoms with Crippen LogP contribution in [-0.4, -0.2) is 50.0 Å². The van der Waals surface area contributed by atoms with Gasteiger partial charge >= 0.3 is 0 Å². The molecule has 0 unspecified atom stereocenters. The van der Waals surface area contributed by atoms with Crippen molar-refractivity contribution in [2.45, 2.75) is 51.7 Å². The van der Waals surface area contributed by atoms with Gasteiger partial charge in [0.15, 0.2) is 0 Å². The van der Waals surface area contributed by atoms with Crippen LogP contribution < -0.4 is 9.62 Å². The molecule has 0 aliphatic rings. The Morgan fingerprint density at radius 3 is 2.22 bits per heavy atom. The van der Waals surface area contributed by atoms with Gasteiger partial charge in [0.25, 0.3) is 0 Å². The number of hydrogen-bond acceptors (Lipinski definition) is 4.